The van der Waals surface area contributed by atoms with E-state index in [4.69, 9.17) is 0 Å². The predicted molar refractivity (Wildman–Crippen MR) is 82.7 cm³/mol. The first-order valence-electron chi connectivity index (χ1n) is 5.70. The molecule has 0 radical (unpaired) electrons. The van der Waals surface area contributed by atoms with E-state index in [9.17, 15) is 0 Å². The van der Waals surface area contributed by atoms with E-state index in [0.29, 0.717) is 6.04 Å². The van der Waals surface area contributed by atoms with Gasteiger partial charge in [0.25, 0.3) is 0 Å². The summed E-state index contributed by atoms with van der Waals surface area (Å²) in [5.74, 6) is 0.757. The monoisotopic (exact) mass is 395 g/mol. The van der Waals surface area contributed by atoms with Crippen LogP contribution < -0.4 is 5.32 Å². The average molecular weight is 396 g/mol. The van der Waals surface area contributed by atoms with Gasteiger partial charge in [0.1, 0.15) is 0 Å². The van der Waals surface area contributed by atoms with E-state index < -0.39 is 0 Å². The van der Waals surface area contributed by atoms with Gasteiger partial charge in [-0.05, 0) is 65.7 Å². The zero-order valence-corrected chi connectivity index (χ0v) is 13.8. The Labute approximate surface area is 121 Å². The summed E-state index contributed by atoms with van der Waals surface area (Å²) in [7, 11) is 2.05. The number of benzene rings is 1. The molecule has 0 heterocycles. The van der Waals surface area contributed by atoms with Crippen molar-refractivity contribution in [2.75, 3.05) is 7.05 Å². The standard InChI is InChI=1S/C13H19BrIN/c1-4-9(2)7-13(16-3)11-8-10(14)5-6-12(11)15/h5-6,8-9,13,16H,4,7H2,1-3H3. The molecular formula is C13H19BrIN. The van der Waals surface area contributed by atoms with Crippen LogP contribution in [0.25, 0.3) is 0 Å². The highest BCUT2D eigenvalue weighted by Gasteiger charge is 2.15. The molecule has 0 saturated carbocycles. The SMILES string of the molecule is CCC(C)CC(NC)c1cc(Br)ccc1I. The Bertz CT molecular complexity index is 341. The van der Waals surface area contributed by atoms with Crippen molar-refractivity contribution in [3.8, 4) is 0 Å². The number of halogens is 2. The third-order valence-corrected chi connectivity index (χ3v) is 4.49. The number of hydrogen-bond acceptors (Lipinski definition) is 1. The maximum Gasteiger partial charge on any atom is 0.0330 e. The van der Waals surface area contributed by atoms with E-state index in [1.165, 1.54) is 22.0 Å². The summed E-state index contributed by atoms with van der Waals surface area (Å²) in [6, 6.07) is 6.95. The first-order chi connectivity index (χ1) is 7.58. The molecule has 0 aliphatic carbocycles. The minimum absolute atomic E-state index is 0.458. The molecule has 0 amide bonds. The van der Waals surface area contributed by atoms with Crippen molar-refractivity contribution in [3.05, 3.63) is 31.8 Å². The normalized spacial score (nSPS) is 14.8. The van der Waals surface area contributed by atoms with Gasteiger partial charge in [-0.1, -0.05) is 36.2 Å². The molecule has 0 bridgehead atoms. The largest absolute Gasteiger partial charge is 0.313 e. The molecule has 2 unspecified atom stereocenters. The maximum absolute atomic E-state index is 3.55. The van der Waals surface area contributed by atoms with Gasteiger partial charge in [0, 0.05) is 14.1 Å². The van der Waals surface area contributed by atoms with Gasteiger partial charge in [-0.2, -0.15) is 0 Å². The van der Waals surface area contributed by atoms with Crippen molar-refractivity contribution in [1.82, 2.24) is 5.32 Å². The molecule has 2 atom stereocenters. The first kappa shape index (κ1) is 14.5. The lowest BCUT2D eigenvalue weighted by Crippen LogP contribution is -2.20. The van der Waals surface area contributed by atoms with Crippen LogP contribution in [0.15, 0.2) is 22.7 Å². The van der Waals surface area contributed by atoms with Crippen LogP contribution in [0.3, 0.4) is 0 Å². The highest BCUT2D eigenvalue weighted by molar-refractivity contribution is 14.1. The fourth-order valence-corrected chi connectivity index (χ4v) is 2.84. The molecule has 0 aromatic heterocycles. The molecule has 0 spiro atoms. The Morgan fingerprint density at radius 2 is 2.12 bits per heavy atom. The second kappa shape index (κ2) is 6.97. The van der Waals surface area contributed by atoms with Crippen LogP contribution >= 0.6 is 38.5 Å². The second-order valence-corrected chi connectivity index (χ2v) is 6.33. The van der Waals surface area contributed by atoms with Crippen LogP contribution in [0.1, 0.15) is 38.3 Å². The van der Waals surface area contributed by atoms with E-state index in [-0.39, 0.29) is 0 Å². The van der Waals surface area contributed by atoms with Crippen molar-refractivity contribution >= 4 is 38.5 Å². The lowest BCUT2D eigenvalue weighted by molar-refractivity contribution is 0.421. The quantitative estimate of drug-likeness (QED) is 0.709. The second-order valence-electron chi connectivity index (χ2n) is 4.26. The van der Waals surface area contributed by atoms with Gasteiger partial charge in [-0.15, -0.1) is 0 Å². The molecule has 1 rings (SSSR count). The lowest BCUT2D eigenvalue weighted by atomic mass is 9.94. The van der Waals surface area contributed by atoms with E-state index in [0.717, 1.165) is 10.4 Å². The Balaban J connectivity index is 2.89. The maximum atomic E-state index is 3.55. The van der Waals surface area contributed by atoms with Gasteiger partial charge >= 0.3 is 0 Å². The van der Waals surface area contributed by atoms with Gasteiger partial charge in [-0.3, -0.25) is 0 Å². The van der Waals surface area contributed by atoms with Gasteiger partial charge in [0.05, 0.1) is 0 Å². The molecule has 1 N–H and O–H groups in total. The van der Waals surface area contributed by atoms with Crippen LogP contribution in [0.5, 0.6) is 0 Å². The van der Waals surface area contributed by atoms with Gasteiger partial charge in [-0.25, -0.2) is 0 Å². The van der Waals surface area contributed by atoms with Crippen LogP contribution in [0.2, 0.25) is 0 Å². The molecule has 0 saturated heterocycles. The summed E-state index contributed by atoms with van der Waals surface area (Å²) in [6.07, 6.45) is 2.43. The Morgan fingerprint density at radius 1 is 1.44 bits per heavy atom. The number of hydrogen-bond donors (Lipinski definition) is 1. The van der Waals surface area contributed by atoms with Crippen LogP contribution in [0.4, 0.5) is 0 Å². The van der Waals surface area contributed by atoms with Crippen molar-refractivity contribution < 1.29 is 0 Å². The van der Waals surface area contributed by atoms with E-state index in [1.54, 1.807) is 0 Å². The summed E-state index contributed by atoms with van der Waals surface area (Å²) in [5.41, 5.74) is 1.40. The number of rotatable bonds is 5. The van der Waals surface area contributed by atoms with Crippen LogP contribution in [0, 0.1) is 9.49 Å². The smallest absolute Gasteiger partial charge is 0.0330 e. The highest BCUT2D eigenvalue weighted by Crippen LogP contribution is 2.28. The Kier molecular flexibility index (Phi) is 6.29. The van der Waals surface area contributed by atoms with Crippen molar-refractivity contribution in [2.24, 2.45) is 5.92 Å². The topological polar surface area (TPSA) is 12.0 Å². The third-order valence-electron chi connectivity index (χ3n) is 3.02. The molecule has 0 fully saturated rings. The highest BCUT2D eigenvalue weighted by atomic mass is 127. The molecule has 1 nitrogen and oxygen atoms in total. The fraction of sp³-hybridized carbons (Fsp3) is 0.538. The van der Waals surface area contributed by atoms with Crippen LogP contribution in [-0.4, -0.2) is 7.05 Å². The minimum atomic E-state index is 0.458. The first-order valence-corrected chi connectivity index (χ1v) is 7.57. The van der Waals surface area contributed by atoms with Gasteiger partial charge < -0.3 is 5.32 Å². The molecule has 0 aliphatic heterocycles. The predicted octanol–water partition coefficient (Wildman–Crippen LogP) is 4.75. The van der Waals surface area contributed by atoms with Gasteiger partial charge in [0.15, 0.2) is 0 Å². The average Bonchev–Trinajstić information content (AvgIpc) is 2.29. The van der Waals surface area contributed by atoms with Crippen molar-refractivity contribution in [1.29, 1.82) is 0 Å². The molecule has 0 aliphatic rings. The van der Waals surface area contributed by atoms with Crippen molar-refractivity contribution in [2.45, 2.75) is 32.7 Å². The molecule has 16 heavy (non-hydrogen) atoms. The lowest BCUT2D eigenvalue weighted by Gasteiger charge is -2.21. The molecule has 3 heteroatoms. The van der Waals surface area contributed by atoms with E-state index in [2.05, 4.69) is 75.9 Å². The number of nitrogens with one attached hydrogen (secondary N) is 1. The molecule has 1 aromatic carbocycles. The zero-order chi connectivity index (χ0) is 12.1. The van der Waals surface area contributed by atoms with Crippen molar-refractivity contribution in [3.63, 3.8) is 0 Å². The summed E-state index contributed by atoms with van der Waals surface area (Å²) < 4.78 is 2.50. The van der Waals surface area contributed by atoms with Gasteiger partial charge in [0.2, 0.25) is 0 Å². The van der Waals surface area contributed by atoms with E-state index in [1.807, 2.05) is 7.05 Å². The molecule has 90 valence electrons. The fourth-order valence-electron chi connectivity index (χ4n) is 1.75. The summed E-state index contributed by atoms with van der Waals surface area (Å²) in [6.45, 7) is 4.57. The summed E-state index contributed by atoms with van der Waals surface area (Å²) in [5, 5.41) is 3.43. The third kappa shape index (κ3) is 4.00. The van der Waals surface area contributed by atoms with E-state index >= 15 is 0 Å². The Morgan fingerprint density at radius 3 is 2.69 bits per heavy atom. The summed E-state index contributed by atoms with van der Waals surface area (Å²) >= 11 is 5.96. The molecule has 1 aromatic rings. The molecular weight excluding hydrogens is 377 g/mol. The minimum Gasteiger partial charge on any atom is -0.313 e. The van der Waals surface area contributed by atoms with Crippen LogP contribution in [-0.2, 0) is 0 Å². The Hall–Kier alpha value is 0.390. The zero-order valence-electron chi connectivity index (χ0n) is 10.1. The summed E-state index contributed by atoms with van der Waals surface area (Å²) in [4.78, 5) is 0.